The number of rotatable bonds is 5. The molecule has 0 saturated heterocycles. The van der Waals surface area contributed by atoms with E-state index in [0.29, 0.717) is 11.3 Å². The molecule has 2 nitrogen and oxygen atoms in total. The number of carbonyl (C=O) groups excluding carboxylic acids is 1. The molecule has 202 valence electrons. The highest BCUT2D eigenvalue weighted by Crippen LogP contribution is 2.46. The molecule has 0 aromatic heterocycles. The Morgan fingerprint density at radius 2 is 0.789 bits per heavy atom. The number of ether oxygens (including phenoxy) is 1. The van der Waals surface area contributed by atoms with Crippen LogP contribution in [0.25, 0.3) is 22.3 Å². The van der Waals surface area contributed by atoms with Gasteiger partial charge in [-0.15, -0.1) is 0 Å². The summed E-state index contributed by atoms with van der Waals surface area (Å²) in [5.41, 5.74) is 22.5. The summed E-state index contributed by atoms with van der Waals surface area (Å²) in [7, 11) is 0. The summed E-state index contributed by atoms with van der Waals surface area (Å²) >= 11 is 0. The third kappa shape index (κ3) is 4.42. The molecular formula is C36H46O2. The lowest BCUT2D eigenvalue weighted by Crippen LogP contribution is -2.12. The van der Waals surface area contributed by atoms with E-state index in [1.807, 2.05) is 0 Å². The molecule has 0 saturated carbocycles. The Hall–Kier alpha value is -3.13. The van der Waals surface area contributed by atoms with Crippen molar-refractivity contribution in [2.45, 2.75) is 103 Å². The van der Waals surface area contributed by atoms with Gasteiger partial charge in [-0.05, 0) is 191 Å². The Labute approximate surface area is 231 Å². The van der Waals surface area contributed by atoms with Crippen molar-refractivity contribution in [3.05, 3.63) is 84.5 Å². The lowest BCUT2D eigenvalue weighted by molar-refractivity contribution is -0.130. The zero-order valence-electron chi connectivity index (χ0n) is 26.2. The average molecular weight is 511 g/mol. The van der Waals surface area contributed by atoms with Crippen molar-refractivity contribution < 1.29 is 9.53 Å². The molecule has 3 aromatic carbocycles. The highest BCUT2D eigenvalue weighted by atomic mass is 16.5. The third-order valence-corrected chi connectivity index (χ3v) is 9.36. The molecule has 0 spiro atoms. The first-order valence-electron chi connectivity index (χ1n) is 13.8. The highest BCUT2D eigenvalue weighted by Gasteiger charge is 2.26. The molecule has 3 rings (SSSR count). The van der Waals surface area contributed by atoms with Crippen molar-refractivity contribution in [2.24, 2.45) is 0 Å². The first-order valence-corrected chi connectivity index (χ1v) is 13.8. The molecule has 0 fully saturated rings. The molecule has 0 aliphatic heterocycles. The number of carbonyl (C=O) groups is 1. The van der Waals surface area contributed by atoms with Crippen molar-refractivity contribution in [3.63, 3.8) is 0 Å². The SMILES string of the molecule is C=C(C)C(=O)Oc1c(C)c(C)c(-c2c(C)c(C)c(-c3c(C)c(C)c(CC)c(C)c3C)c(C)c2C)c(C)c1C. The van der Waals surface area contributed by atoms with E-state index in [1.165, 1.54) is 72.3 Å². The Balaban J connectivity index is 2.41. The van der Waals surface area contributed by atoms with Gasteiger partial charge < -0.3 is 4.74 Å². The van der Waals surface area contributed by atoms with Crippen LogP contribution in [0.3, 0.4) is 0 Å². The zero-order chi connectivity index (χ0) is 29.0. The quantitative estimate of drug-likeness (QED) is 0.194. The largest absolute Gasteiger partial charge is 0.423 e. The molecule has 0 heterocycles. The van der Waals surface area contributed by atoms with Crippen LogP contribution in [0.15, 0.2) is 12.2 Å². The fourth-order valence-corrected chi connectivity index (χ4v) is 6.34. The second kappa shape index (κ2) is 10.6. The zero-order valence-corrected chi connectivity index (χ0v) is 26.2. The van der Waals surface area contributed by atoms with Crippen LogP contribution in [0.4, 0.5) is 0 Å². The van der Waals surface area contributed by atoms with Crippen molar-refractivity contribution in [1.82, 2.24) is 0 Å². The van der Waals surface area contributed by atoms with Crippen LogP contribution in [0, 0.1) is 83.1 Å². The van der Waals surface area contributed by atoms with Gasteiger partial charge in [-0.2, -0.15) is 0 Å². The summed E-state index contributed by atoms with van der Waals surface area (Å²) in [4.78, 5) is 12.4. The van der Waals surface area contributed by atoms with Crippen molar-refractivity contribution in [1.29, 1.82) is 0 Å². The first kappa shape index (κ1) is 29.4. The number of esters is 1. The maximum Gasteiger partial charge on any atom is 0.338 e. The molecule has 0 aliphatic carbocycles. The van der Waals surface area contributed by atoms with Crippen molar-refractivity contribution in [2.75, 3.05) is 0 Å². The predicted molar refractivity (Wildman–Crippen MR) is 164 cm³/mol. The van der Waals surface area contributed by atoms with E-state index in [4.69, 9.17) is 4.74 Å². The summed E-state index contributed by atoms with van der Waals surface area (Å²) in [6, 6.07) is 0. The molecule has 0 aliphatic rings. The van der Waals surface area contributed by atoms with Crippen molar-refractivity contribution in [3.8, 4) is 28.0 Å². The predicted octanol–water partition coefficient (Wildman–Crippen LogP) is 9.77. The maximum absolute atomic E-state index is 12.4. The first-order chi connectivity index (χ1) is 17.6. The van der Waals surface area contributed by atoms with Gasteiger partial charge >= 0.3 is 5.97 Å². The molecule has 0 amide bonds. The number of hydrogen-bond acceptors (Lipinski definition) is 2. The number of benzene rings is 3. The van der Waals surface area contributed by atoms with Gasteiger partial charge in [0.15, 0.2) is 0 Å². The fourth-order valence-electron chi connectivity index (χ4n) is 6.34. The molecule has 38 heavy (non-hydrogen) atoms. The third-order valence-electron chi connectivity index (χ3n) is 9.36. The molecule has 0 N–H and O–H groups in total. The summed E-state index contributed by atoms with van der Waals surface area (Å²) < 4.78 is 5.80. The standard InChI is InChI=1S/C36H46O2/c1-16-30-18(4)20(6)31(21(7)19(30)5)32-22(8)24(10)33(25(11)23(32)9)34-26(12)28(14)35(29(15)27(34)13)38-36(37)17(2)3/h2,16H2,1,3-15H3. The molecule has 0 atom stereocenters. The Morgan fingerprint density at radius 3 is 1.05 bits per heavy atom. The van der Waals surface area contributed by atoms with Crippen LogP contribution >= 0.6 is 0 Å². The van der Waals surface area contributed by atoms with Crippen LogP contribution in [-0.4, -0.2) is 5.97 Å². The summed E-state index contributed by atoms with van der Waals surface area (Å²) in [5, 5.41) is 0. The Morgan fingerprint density at radius 1 is 0.526 bits per heavy atom. The van der Waals surface area contributed by atoms with Gasteiger partial charge in [-0.25, -0.2) is 4.79 Å². The molecular weight excluding hydrogens is 464 g/mol. The minimum Gasteiger partial charge on any atom is -0.423 e. The van der Waals surface area contributed by atoms with Gasteiger partial charge in [0, 0.05) is 5.57 Å². The van der Waals surface area contributed by atoms with Crippen LogP contribution < -0.4 is 4.74 Å². The van der Waals surface area contributed by atoms with Gasteiger partial charge in [0.1, 0.15) is 5.75 Å². The van der Waals surface area contributed by atoms with Gasteiger partial charge in [-0.1, -0.05) is 13.5 Å². The van der Waals surface area contributed by atoms with E-state index in [0.717, 1.165) is 28.7 Å². The van der Waals surface area contributed by atoms with Crippen LogP contribution in [-0.2, 0) is 11.2 Å². The van der Waals surface area contributed by atoms with Gasteiger partial charge in [0.25, 0.3) is 0 Å². The van der Waals surface area contributed by atoms with E-state index < -0.39 is 0 Å². The monoisotopic (exact) mass is 510 g/mol. The van der Waals surface area contributed by atoms with Crippen LogP contribution in [0.2, 0.25) is 0 Å². The number of hydrogen-bond donors (Lipinski definition) is 0. The van der Waals surface area contributed by atoms with E-state index in [9.17, 15) is 4.79 Å². The maximum atomic E-state index is 12.4. The van der Waals surface area contributed by atoms with Gasteiger partial charge in [0.2, 0.25) is 0 Å². The lowest BCUT2D eigenvalue weighted by Gasteiger charge is -2.28. The highest BCUT2D eigenvalue weighted by molar-refractivity contribution is 5.91. The minimum atomic E-state index is -0.378. The van der Waals surface area contributed by atoms with Gasteiger partial charge in [0.05, 0.1) is 0 Å². The summed E-state index contributed by atoms with van der Waals surface area (Å²) in [5.74, 6) is 0.280. The van der Waals surface area contributed by atoms with Crippen LogP contribution in [0.1, 0.15) is 86.2 Å². The lowest BCUT2D eigenvalue weighted by atomic mass is 9.77. The Kier molecular flexibility index (Phi) is 8.18. The normalized spacial score (nSPS) is 11.2. The molecule has 0 bridgehead atoms. The smallest absolute Gasteiger partial charge is 0.338 e. The van der Waals surface area contributed by atoms with E-state index in [-0.39, 0.29) is 5.97 Å². The second-order valence-corrected chi connectivity index (χ2v) is 11.3. The summed E-state index contributed by atoms with van der Waals surface area (Å²) in [6.45, 7) is 34.3. The van der Waals surface area contributed by atoms with E-state index >= 15 is 0 Å². The molecule has 0 radical (unpaired) electrons. The Bertz CT molecular complexity index is 1420. The molecule has 0 unspecified atom stereocenters. The topological polar surface area (TPSA) is 26.3 Å². The van der Waals surface area contributed by atoms with Gasteiger partial charge in [-0.3, -0.25) is 0 Å². The van der Waals surface area contributed by atoms with E-state index in [2.05, 4.69) is 96.6 Å². The minimum absolute atomic E-state index is 0.378. The van der Waals surface area contributed by atoms with Crippen LogP contribution in [0.5, 0.6) is 5.75 Å². The molecule has 2 heteroatoms. The van der Waals surface area contributed by atoms with Crippen molar-refractivity contribution >= 4 is 5.97 Å². The second-order valence-electron chi connectivity index (χ2n) is 11.3. The average Bonchev–Trinajstić information content (AvgIpc) is 2.87. The fraction of sp³-hybridized carbons (Fsp3) is 0.417. The molecule has 3 aromatic rings. The van der Waals surface area contributed by atoms with E-state index in [1.54, 1.807) is 6.92 Å². The summed E-state index contributed by atoms with van der Waals surface area (Å²) in [6.07, 6.45) is 1.06.